The van der Waals surface area contributed by atoms with E-state index in [1.54, 1.807) is 0 Å². The Hall–Kier alpha value is -2.24. The molecular weight excluding hydrogens is 290 g/mol. The standard InChI is InChI=1S/C9H13N5O5S/c1-5(9(10)15)13-20(18,19)7-4-2-3-6(12-11)8(7)14(16)17/h2-5,12-13H,11H2,1H3,(H2,10,15). The molecule has 0 heterocycles. The molecule has 1 rings (SSSR count). The average molecular weight is 303 g/mol. The molecular formula is C9H13N5O5S. The minimum Gasteiger partial charge on any atom is -0.368 e. The summed E-state index contributed by atoms with van der Waals surface area (Å²) in [6.07, 6.45) is 0. The highest BCUT2D eigenvalue weighted by atomic mass is 32.2. The summed E-state index contributed by atoms with van der Waals surface area (Å²) in [4.78, 5) is 20.4. The third-order valence-corrected chi connectivity index (χ3v) is 3.96. The lowest BCUT2D eigenvalue weighted by Gasteiger charge is -2.12. The summed E-state index contributed by atoms with van der Waals surface area (Å²) in [6, 6.07) is 2.32. The monoisotopic (exact) mass is 303 g/mol. The van der Waals surface area contributed by atoms with Gasteiger partial charge in [-0.05, 0) is 19.1 Å². The first-order valence-corrected chi connectivity index (χ1v) is 6.74. The Kier molecular flexibility index (Phi) is 4.60. The number of nitrogens with zero attached hydrogens (tertiary/aromatic N) is 1. The van der Waals surface area contributed by atoms with Gasteiger partial charge in [0.05, 0.1) is 11.0 Å². The minimum absolute atomic E-state index is 0.176. The van der Waals surface area contributed by atoms with E-state index in [1.165, 1.54) is 19.1 Å². The molecule has 0 radical (unpaired) electrons. The maximum Gasteiger partial charge on any atom is 0.313 e. The number of anilines is 1. The SMILES string of the molecule is CC(NS(=O)(=O)c1cccc(NN)c1[N+](=O)[O-])C(N)=O. The van der Waals surface area contributed by atoms with Crippen LogP contribution in [0, 0.1) is 10.1 Å². The van der Waals surface area contributed by atoms with Crippen LogP contribution in [0.3, 0.4) is 0 Å². The Morgan fingerprint density at radius 3 is 2.50 bits per heavy atom. The van der Waals surface area contributed by atoms with Crippen molar-refractivity contribution in [3.63, 3.8) is 0 Å². The number of nitrogens with two attached hydrogens (primary N) is 2. The van der Waals surface area contributed by atoms with Gasteiger partial charge < -0.3 is 11.2 Å². The third kappa shape index (κ3) is 3.20. The summed E-state index contributed by atoms with van der Waals surface area (Å²) in [5.74, 6) is 4.19. The van der Waals surface area contributed by atoms with Gasteiger partial charge in [0.25, 0.3) is 0 Å². The first-order chi connectivity index (χ1) is 9.20. The van der Waals surface area contributed by atoms with E-state index in [1.807, 2.05) is 10.1 Å². The van der Waals surface area contributed by atoms with Crippen LogP contribution in [0.4, 0.5) is 11.4 Å². The van der Waals surface area contributed by atoms with Gasteiger partial charge in [0, 0.05) is 0 Å². The Labute approximate surface area is 114 Å². The van der Waals surface area contributed by atoms with Crippen molar-refractivity contribution in [2.45, 2.75) is 17.9 Å². The van der Waals surface area contributed by atoms with Gasteiger partial charge in [-0.25, -0.2) is 8.42 Å². The molecule has 0 aliphatic carbocycles. The van der Waals surface area contributed by atoms with Crippen molar-refractivity contribution in [2.75, 3.05) is 5.43 Å². The largest absolute Gasteiger partial charge is 0.368 e. The lowest BCUT2D eigenvalue weighted by atomic mass is 10.3. The Balaban J connectivity index is 3.39. The van der Waals surface area contributed by atoms with E-state index in [0.717, 1.165) is 6.07 Å². The highest BCUT2D eigenvalue weighted by Crippen LogP contribution is 2.31. The summed E-state index contributed by atoms with van der Waals surface area (Å²) in [5, 5.41) is 11.0. The molecule has 1 atom stereocenters. The number of sulfonamides is 1. The van der Waals surface area contributed by atoms with Gasteiger partial charge in [-0.3, -0.25) is 20.8 Å². The van der Waals surface area contributed by atoms with Crippen molar-refractivity contribution in [1.82, 2.24) is 4.72 Å². The number of carbonyl (C=O) groups is 1. The molecule has 1 aromatic carbocycles. The van der Waals surface area contributed by atoms with E-state index in [9.17, 15) is 23.3 Å². The molecule has 0 aromatic heterocycles. The number of nitrogen functional groups attached to an aromatic ring is 1. The topological polar surface area (TPSA) is 170 Å². The number of hydrogen-bond donors (Lipinski definition) is 4. The molecule has 0 saturated carbocycles. The maximum atomic E-state index is 12.0. The average Bonchev–Trinajstić information content (AvgIpc) is 2.36. The molecule has 20 heavy (non-hydrogen) atoms. The van der Waals surface area contributed by atoms with Crippen molar-refractivity contribution < 1.29 is 18.1 Å². The number of primary amides is 1. The molecule has 1 unspecified atom stereocenters. The van der Waals surface area contributed by atoms with Gasteiger partial charge in [0.15, 0.2) is 4.90 Å². The molecule has 0 saturated heterocycles. The van der Waals surface area contributed by atoms with E-state index in [0.29, 0.717) is 0 Å². The van der Waals surface area contributed by atoms with Crippen LogP contribution < -0.4 is 21.7 Å². The summed E-state index contributed by atoms with van der Waals surface area (Å²) in [5.41, 5.74) is 6.08. The molecule has 6 N–H and O–H groups in total. The third-order valence-electron chi connectivity index (χ3n) is 2.39. The van der Waals surface area contributed by atoms with E-state index in [-0.39, 0.29) is 5.69 Å². The molecule has 10 nitrogen and oxygen atoms in total. The van der Waals surface area contributed by atoms with Gasteiger partial charge in [-0.2, -0.15) is 4.72 Å². The molecule has 0 aliphatic heterocycles. The van der Waals surface area contributed by atoms with Crippen LogP contribution in [0.25, 0.3) is 0 Å². The van der Waals surface area contributed by atoms with E-state index >= 15 is 0 Å². The van der Waals surface area contributed by atoms with E-state index in [4.69, 9.17) is 11.6 Å². The van der Waals surface area contributed by atoms with E-state index < -0.39 is 37.5 Å². The number of carbonyl (C=O) groups excluding carboxylic acids is 1. The second kappa shape index (κ2) is 5.81. The Morgan fingerprint density at radius 2 is 2.05 bits per heavy atom. The molecule has 0 spiro atoms. The van der Waals surface area contributed by atoms with Crippen LogP contribution in [-0.4, -0.2) is 25.3 Å². The number of rotatable bonds is 6. The zero-order valence-corrected chi connectivity index (χ0v) is 11.2. The predicted octanol–water partition coefficient (Wildman–Crippen LogP) is -0.967. The number of nitro benzene ring substituents is 1. The number of hydrogen-bond acceptors (Lipinski definition) is 7. The molecule has 1 amide bonds. The van der Waals surface area contributed by atoms with Crippen molar-refractivity contribution in [3.8, 4) is 0 Å². The quantitative estimate of drug-likeness (QED) is 0.297. The van der Waals surface area contributed by atoms with Crippen LogP contribution >= 0.6 is 0 Å². The van der Waals surface area contributed by atoms with Crippen LogP contribution in [0.15, 0.2) is 23.1 Å². The second-order valence-electron chi connectivity index (χ2n) is 3.80. The number of amides is 1. The summed E-state index contributed by atoms with van der Waals surface area (Å²) < 4.78 is 26.0. The number of nitrogens with one attached hydrogen (secondary N) is 2. The fraction of sp³-hybridized carbons (Fsp3) is 0.222. The number of para-hydroxylation sites is 1. The summed E-state index contributed by atoms with van der Waals surface area (Å²) >= 11 is 0. The zero-order valence-electron chi connectivity index (χ0n) is 10.4. The number of hydrazine groups is 1. The lowest BCUT2D eigenvalue weighted by Crippen LogP contribution is -2.42. The molecule has 11 heteroatoms. The Morgan fingerprint density at radius 1 is 1.45 bits per heavy atom. The molecule has 0 fully saturated rings. The molecule has 0 aliphatic rings. The smallest absolute Gasteiger partial charge is 0.313 e. The Bertz CT molecular complexity index is 644. The fourth-order valence-corrected chi connectivity index (χ4v) is 2.80. The predicted molar refractivity (Wildman–Crippen MR) is 69.9 cm³/mol. The highest BCUT2D eigenvalue weighted by molar-refractivity contribution is 7.89. The van der Waals surface area contributed by atoms with Gasteiger partial charge >= 0.3 is 5.69 Å². The lowest BCUT2D eigenvalue weighted by molar-refractivity contribution is -0.386. The second-order valence-corrected chi connectivity index (χ2v) is 5.48. The highest BCUT2D eigenvalue weighted by Gasteiger charge is 2.30. The molecule has 0 bridgehead atoms. The minimum atomic E-state index is -4.30. The first kappa shape index (κ1) is 15.8. The molecule has 1 aromatic rings. The van der Waals surface area contributed by atoms with Crippen molar-refractivity contribution >= 4 is 27.3 Å². The van der Waals surface area contributed by atoms with Gasteiger partial charge in [-0.1, -0.05) is 6.07 Å². The normalized spacial score (nSPS) is 12.7. The van der Waals surface area contributed by atoms with Crippen LogP contribution in [0.5, 0.6) is 0 Å². The van der Waals surface area contributed by atoms with Gasteiger partial charge in [-0.15, -0.1) is 0 Å². The van der Waals surface area contributed by atoms with E-state index in [2.05, 4.69) is 0 Å². The zero-order chi connectivity index (χ0) is 15.5. The van der Waals surface area contributed by atoms with Crippen molar-refractivity contribution in [1.29, 1.82) is 0 Å². The van der Waals surface area contributed by atoms with Crippen molar-refractivity contribution in [2.24, 2.45) is 11.6 Å². The van der Waals surface area contributed by atoms with Gasteiger partial charge in [0.1, 0.15) is 5.69 Å². The van der Waals surface area contributed by atoms with Crippen LogP contribution in [0.1, 0.15) is 6.92 Å². The van der Waals surface area contributed by atoms with Crippen molar-refractivity contribution in [3.05, 3.63) is 28.3 Å². The fourth-order valence-electron chi connectivity index (χ4n) is 1.40. The van der Waals surface area contributed by atoms with Crippen LogP contribution in [0.2, 0.25) is 0 Å². The van der Waals surface area contributed by atoms with Crippen LogP contribution in [-0.2, 0) is 14.8 Å². The summed E-state index contributed by atoms with van der Waals surface area (Å²) in [7, 11) is -4.30. The summed E-state index contributed by atoms with van der Waals surface area (Å²) in [6.45, 7) is 1.22. The number of benzene rings is 1. The first-order valence-electron chi connectivity index (χ1n) is 5.26. The van der Waals surface area contributed by atoms with Gasteiger partial charge in [0.2, 0.25) is 15.9 Å². The number of nitro groups is 1. The maximum absolute atomic E-state index is 12.0. The molecule has 110 valence electrons.